The highest BCUT2D eigenvalue weighted by molar-refractivity contribution is 6.10. The third-order valence-electron chi connectivity index (χ3n) is 5.54. The first-order valence-electron chi connectivity index (χ1n) is 9.83. The zero-order valence-electron chi connectivity index (χ0n) is 17.2. The summed E-state index contributed by atoms with van der Waals surface area (Å²) in [5.74, 6) is -0.543. The predicted molar refractivity (Wildman–Crippen MR) is 113 cm³/mol. The Bertz CT molecular complexity index is 1010. The van der Waals surface area contributed by atoms with Gasteiger partial charge in [-0.25, -0.2) is 4.79 Å². The Labute approximate surface area is 175 Å². The zero-order valence-corrected chi connectivity index (χ0v) is 17.2. The van der Waals surface area contributed by atoms with E-state index in [9.17, 15) is 14.4 Å². The lowest BCUT2D eigenvalue weighted by atomic mass is 9.91. The topological polar surface area (TPSA) is 102 Å². The van der Waals surface area contributed by atoms with Gasteiger partial charge in [0, 0.05) is 5.69 Å². The van der Waals surface area contributed by atoms with Gasteiger partial charge < -0.3 is 10.6 Å². The molecule has 2 N–H and O–H groups in total. The van der Waals surface area contributed by atoms with Gasteiger partial charge >= 0.3 is 6.03 Å². The van der Waals surface area contributed by atoms with Crippen LogP contribution in [0, 0.1) is 11.3 Å². The molecule has 1 aliphatic heterocycles. The van der Waals surface area contributed by atoms with Crippen LogP contribution in [0.2, 0.25) is 0 Å². The molecule has 30 heavy (non-hydrogen) atoms. The Morgan fingerprint density at radius 3 is 2.37 bits per heavy atom. The summed E-state index contributed by atoms with van der Waals surface area (Å²) in [5, 5.41) is 14.3. The highest BCUT2D eigenvalue weighted by Crippen LogP contribution is 2.29. The fourth-order valence-corrected chi connectivity index (χ4v) is 3.39. The average molecular weight is 404 g/mol. The number of amides is 4. The third-order valence-corrected chi connectivity index (χ3v) is 5.54. The van der Waals surface area contributed by atoms with Gasteiger partial charge in [-0.05, 0) is 54.7 Å². The van der Waals surface area contributed by atoms with Crippen LogP contribution in [0.5, 0.6) is 0 Å². The van der Waals surface area contributed by atoms with Crippen molar-refractivity contribution in [2.75, 3.05) is 11.9 Å². The summed E-state index contributed by atoms with van der Waals surface area (Å²) >= 11 is 0. The van der Waals surface area contributed by atoms with Crippen LogP contribution in [-0.2, 0) is 15.1 Å². The minimum Gasteiger partial charge on any atom is -0.325 e. The van der Waals surface area contributed by atoms with Crippen molar-refractivity contribution < 1.29 is 14.4 Å². The number of carbonyl (C=O) groups excluding carboxylic acids is 3. The predicted octanol–water partition coefficient (Wildman–Crippen LogP) is 3.48. The van der Waals surface area contributed by atoms with Crippen LogP contribution in [0.25, 0.3) is 0 Å². The summed E-state index contributed by atoms with van der Waals surface area (Å²) in [4.78, 5) is 38.7. The molecule has 1 fully saturated rings. The van der Waals surface area contributed by atoms with Gasteiger partial charge in [0.1, 0.15) is 12.1 Å². The Hall–Kier alpha value is -3.66. The van der Waals surface area contributed by atoms with E-state index in [-0.39, 0.29) is 6.54 Å². The minimum absolute atomic E-state index is 0.385. The summed E-state index contributed by atoms with van der Waals surface area (Å²) in [7, 11) is 0. The molecule has 2 aromatic rings. The van der Waals surface area contributed by atoms with E-state index in [1.165, 1.54) is 5.56 Å². The van der Waals surface area contributed by atoms with Crippen molar-refractivity contribution in [2.24, 2.45) is 0 Å². The maximum Gasteiger partial charge on any atom is 0.325 e. The van der Waals surface area contributed by atoms with Crippen LogP contribution in [0.3, 0.4) is 0 Å². The molecule has 7 nitrogen and oxygen atoms in total. The largest absolute Gasteiger partial charge is 0.325 e. The quantitative estimate of drug-likeness (QED) is 0.720. The SMILES string of the molecule is CCC(C)c1ccc(NC(=O)CN2C(=O)NC(C)(c3ccc(C#N)cc3)C2=O)cc1. The smallest absolute Gasteiger partial charge is 0.325 e. The zero-order chi connectivity index (χ0) is 21.9. The number of hydrogen-bond acceptors (Lipinski definition) is 4. The standard InChI is InChI=1S/C23H24N4O3/c1-4-15(2)17-7-11-19(12-8-17)25-20(28)14-27-21(29)23(3,26-22(27)30)18-9-5-16(13-24)6-10-18/h5-12,15H,4,14H2,1-3H3,(H,25,28)(H,26,30). The molecule has 1 saturated heterocycles. The number of anilines is 1. The number of benzene rings is 2. The number of nitrogens with one attached hydrogen (secondary N) is 2. The van der Waals surface area contributed by atoms with E-state index in [0.29, 0.717) is 22.7 Å². The molecular formula is C23H24N4O3. The molecular weight excluding hydrogens is 380 g/mol. The number of hydrogen-bond donors (Lipinski definition) is 2. The first kappa shape index (κ1) is 21.1. The van der Waals surface area contributed by atoms with Crippen LogP contribution < -0.4 is 10.6 Å². The van der Waals surface area contributed by atoms with Crippen LogP contribution in [0.4, 0.5) is 10.5 Å². The van der Waals surface area contributed by atoms with E-state index < -0.39 is 23.4 Å². The van der Waals surface area contributed by atoms with Gasteiger partial charge in [-0.1, -0.05) is 38.1 Å². The molecule has 4 amide bonds. The monoisotopic (exact) mass is 404 g/mol. The van der Waals surface area contributed by atoms with Gasteiger partial charge in [0.25, 0.3) is 5.91 Å². The summed E-state index contributed by atoms with van der Waals surface area (Å²) in [6.07, 6.45) is 1.02. The molecule has 2 atom stereocenters. The second-order valence-electron chi connectivity index (χ2n) is 7.62. The van der Waals surface area contributed by atoms with E-state index in [2.05, 4.69) is 24.5 Å². The number of urea groups is 1. The molecule has 1 aliphatic rings. The van der Waals surface area contributed by atoms with Crippen LogP contribution in [-0.4, -0.2) is 29.3 Å². The summed E-state index contributed by atoms with van der Waals surface area (Å²) in [6, 6.07) is 15.3. The molecule has 0 radical (unpaired) electrons. The highest BCUT2D eigenvalue weighted by atomic mass is 16.2. The number of carbonyl (C=O) groups is 3. The van der Waals surface area contributed by atoms with E-state index in [1.807, 2.05) is 30.3 Å². The number of imide groups is 1. The van der Waals surface area contributed by atoms with Crippen molar-refractivity contribution in [2.45, 2.75) is 38.6 Å². The highest BCUT2D eigenvalue weighted by Gasteiger charge is 2.49. The van der Waals surface area contributed by atoms with Crippen molar-refractivity contribution in [3.8, 4) is 6.07 Å². The van der Waals surface area contributed by atoms with Crippen LogP contribution in [0.15, 0.2) is 48.5 Å². The second kappa shape index (κ2) is 8.37. The van der Waals surface area contributed by atoms with Gasteiger partial charge in [-0.15, -0.1) is 0 Å². The van der Waals surface area contributed by atoms with Gasteiger partial charge in [0.15, 0.2) is 0 Å². The van der Waals surface area contributed by atoms with Crippen LogP contribution >= 0.6 is 0 Å². The summed E-state index contributed by atoms with van der Waals surface area (Å²) in [5.41, 5.74) is 1.50. The molecule has 7 heteroatoms. The first-order valence-corrected chi connectivity index (χ1v) is 9.83. The van der Waals surface area contributed by atoms with E-state index in [0.717, 1.165) is 11.3 Å². The molecule has 154 valence electrons. The molecule has 2 unspecified atom stereocenters. The van der Waals surface area contributed by atoms with Gasteiger partial charge in [-0.2, -0.15) is 5.26 Å². The van der Waals surface area contributed by atoms with E-state index in [1.54, 1.807) is 31.2 Å². The first-order chi connectivity index (χ1) is 14.3. The maximum absolute atomic E-state index is 12.9. The van der Waals surface area contributed by atoms with Crippen LogP contribution in [0.1, 0.15) is 49.8 Å². The summed E-state index contributed by atoms with van der Waals surface area (Å²) in [6.45, 7) is 5.45. The third kappa shape index (κ3) is 4.03. The minimum atomic E-state index is -1.29. The molecule has 0 saturated carbocycles. The number of nitrogens with zero attached hydrogens (tertiary/aromatic N) is 2. The van der Waals surface area contributed by atoms with Gasteiger partial charge in [0.2, 0.25) is 5.91 Å². The molecule has 1 heterocycles. The Kier molecular flexibility index (Phi) is 5.88. The number of rotatable bonds is 6. The van der Waals surface area contributed by atoms with Crippen molar-refractivity contribution in [1.29, 1.82) is 5.26 Å². The molecule has 3 rings (SSSR count). The van der Waals surface area contributed by atoms with Gasteiger partial charge in [-0.3, -0.25) is 14.5 Å². The molecule has 0 aromatic heterocycles. The fraction of sp³-hybridized carbons (Fsp3) is 0.304. The van der Waals surface area contributed by atoms with Gasteiger partial charge in [0.05, 0.1) is 11.6 Å². The normalized spacial score (nSPS) is 19.2. The molecule has 2 aromatic carbocycles. The number of nitriles is 1. The lowest BCUT2D eigenvalue weighted by Gasteiger charge is -2.22. The lowest BCUT2D eigenvalue weighted by Crippen LogP contribution is -2.42. The average Bonchev–Trinajstić information content (AvgIpc) is 2.97. The van der Waals surface area contributed by atoms with Crippen molar-refractivity contribution >= 4 is 23.5 Å². The van der Waals surface area contributed by atoms with Crippen molar-refractivity contribution in [1.82, 2.24) is 10.2 Å². The Morgan fingerprint density at radius 2 is 1.80 bits per heavy atom. The maximum atomic E-state index is 12.9. The Morgan fingerprint density at radius 1 is 1.17 bits per heavy atom. The summed E-state index contributed by atoms with van der Waals surface area (Å²) < 4.78 is 0. The molecule has 0 spiro atoms. The van der Waals surface area contributed by atoms with E-state index in [4.69, 9.17) is 5.26 Å². The fourth-order valence-electron chi connectivity index (χ4n) is 3.39. The van der Waals surface area contributed by atoms with E-state index >= 15 is 0 Å². The lowest BCUT2D eigenvalue weighted by molar-refractivity contribution is -0.133. The Balaban J connectivity index is 1.69. The van der Waals surface area contributed by atoms with Crippen molar-refractivity contribution in [3.05, 3.63) is 65.2 Å². The molecule has 0 bridgehead atoms. The second-order valence-corrected chi connectivity index (χ2v) is 7.62. The molecule has 0 aliphatic carbocycles. The van der Waals surface area contributed by atoms with Crippen molar-refractivity contribution in [3.63, 3.8) is 0 Å².